The van der Waals surface area contributed by atoms with Gasteiger partial charge in [0.1, 0.15) is 11.4 Å². The molecule has 0 amide bonds. The molecule has 2 rings (SSSR count). The number of aliphatic hydroxyl groups is 1. The Morgan fingerprint density at radius 1 is 1.28 bits per heavy atom. The van der Waals surface area contributed by atoms with Crippen LogP contribution in [0.5, 0.6) is 5.75 Å². The molecule has 0 radical (unpaired) electrons. The standard InChI is InChI=1S/C16H19F3O6/c1-23-8-14(9-24-2)7-15(22,6-13(20)21)11-4-3-10(16(17,18)19)5-12(11)25-14/h3-5,22H,6-9H2,1-2H3,(H,20,21). The van der Waals surface area contributed by atoms with Gasteiger partial charge in [0.2, 0.25) is 0 Å². The number of carbonyl (C=O) groups is 1. The Morgan fingerprint density at radius 3 is 2.36 bits per heavy atom. The van der Waals surface area contributed by atoms with Crippen molar-refractivity contribution in [1.29, 1.82) is 0 Å². The Morgan fingerprint density at radius 2 is 1.88 bits per heavy atom. The van der Waals surface area contributed by atoms with Crippen LogP contribution in [0.15, 0.2) is 18.2 Å². The zero-order valence-corrected chi connectivity index (χ0v) is 13.7. The second kappa shape index (κ2) is 6.81. The number of hydrogen-bond donors (Lipinski definition) is 2. The van der Waals surface area contributed by atoms with Gasteiger partial charge in [-0.15, -0.1) is 0 Å². The highest BCUT2D eigenvalue weighted by Gasteiger charge is 2.50. The molecule has 1 aromatic rings. The van der Waals surface area contributed by atoms with Gasteiger partial charge in [-0.25, -0.2) is 0 Å². The number of benzene rings is 1. The predicted molar refractivity (Wildman–Crippen MR) is 79.3 cm³/mol. The van der Waals surface area contributed by atoms with Crippen molar-refractivity contribution in [3.63, 3.8) is 0 Å². The maximum atomic E-state index is 13.0. The average Bonchev–Trinajstić information content (AvgIpc) is 2.45. The highest BCUT2D eigenvalue weighted by Crippen LogP contribution is 2.47. The third kappa shape index (κ3) is 4.05. The Bertz CT molecular complexity index is 639. The highest BCUT2D eigenvalue weighted by atomic mass is 19.4. The molecular formula is C16H19F3O6. The molecule has 2 N–H and O–H groups in total. The van der Waals surface area contributed by atoms with Crippen molar-refractivity contribution in [1.82, 2.24) is 0 Å². The second-order valence-corrected chi connectivity index (χ2v) is 6.14. The van der Waals surface area contributed by atoms with Crippen LogP contribution >= 0.6 is 0 Å². The van der Waals surface area contributed by atoms with E-state index in [9.17, 15) is 23.1 Å². The van der Waals surface area contributed by atoms with Crippen molar-refractivity contribution in [2.45, 2.75) is 30.2 Å². The lowest BCUT2D eigenvalue weighted by Gasteiger charge is -2.45. The number of fused-ring (bicyclic) bond motifs is 1. The van der Waals surface area contributed by atoms with E-state index in [1.165, 1.54) is 14.2 Å². The van der Waals surface area contributed by atoms with Gasteiger partial charge in [-0.1, -0.05) is 6.07 Å². The average molecular weight is 364 g/mol. The summed E-state index contributed by atoms with van der Waals surface area (Å²) in [6.45, 7) is -0.198. The lowest BCUT2D eigenvalue weighted by Crippen LogP contribution is -2.54. The molecule has 0 aliphatic carbocycles. The molecule has 0 fully saturated rings. The van der Waals surface area contributed by atoms with E-state index in [-0.39, 0.29) is 30.9 Å². The molecule has 6 nitrogen and oxygen atoms in total. The number of aliphatic carboxylic acids is 1. The summed E-state index contributed by atoms with van der Waals surface area (Å²) < 4.78 is 54.8. The van der Waals surface area contributed by atoms with Gasteiger partial charge in [-0.3, -0.25) is 4.79 Å². The lowest BCUT2D eigenvalue weighted by atomic mass is 9.77. The number of carboxylic acids is 1. The van der Waals surface area contributed by atoms with Crippen LogP contribution in [0.1, 0.15) is 24.0 Å². The van der Waals surface area contributed by atoms with Gasteiger partial charge in [-0.05, 0) is 12.1 Å². The smallest absolute Gasteiger partial charge is 0.416 e. The summed E-state index contributed by atoms with van der Waals surface area (Å²) in [6.07, 6.45) is -5.50. The summed E-state index contributed by atoms with van der Waals surface area (Å²) in [6, 6.07) is 2.58. The molecule has 25 heavy (non-hydrogen) atoms. The molecule has 1 heterocycles. The fraction of sp³-hybridized carbons (Fsp3) is 0.562. The van der Waals surface area contributed by atoms with Gasteiger partial charge >= 0.3 is 12.1 Å². The van der Waals surface area contributed by atoms with Gasteiger partial charge in [0.25, 0.3) is 0 Å². The number of methoxy groups -OCH3 is 2. The number of halogens is 3. The van der Waals surface area contributed by atoms with E-state index in [1.807, 2.05) is 0 Å². The summed E-state index contributed by atoms with van der Waals surface area (Å²) in [5, 5.41) is 20.1. The van der Waals surface area contributed by atoms with Gasteiger partial charge < -0.3 is 24.4 Å². The molecule has 0 saturated carbocycles. The molecule has 0 spiro atoms. The topological polar surface area (TPSA) is 85.2 Å². The number of alkyl halides is 3. The van der Waals surface area contributed by atoms with Gasteiger partial charge in [0, 0.05) is 26.2 Å². The van der Waals surface area contributed by atoms with Crippen molar-refractivity contribution in [3.8, 4) is 5.75 Å². The molecule has 1 aliphatic heterocycles. The van der Waals surface area contributed by atoms with Crippen molar-refractivity contribution >= 4 is 5.97 Å². The van der Waals surface area contributed by atoms with Gasteiger partial charge in [0.05, 0.1) is 25.2 Å². The summed E-state index contributed by atoms with van der Waals surface area (Å²) in [7, 11) is 2.72. The van der Waals surface area contributed by atoms with Crippen LogP contribution in [0, 0.1) is 0 Å². The van der Waals surface area contributed by atoms with E-state index in [1.54, 1.807) is 0 Å². The van der Waals surface area contributed by atoms with Crippen molar-refractivity contribution in [2.75, 3.05) is 27.4 Å². The second-order valence-electron chi connectivity index (χ2n) is 6.14. The fourth-order valence-electron chi connectivity index (χ4n) is 3.20. The highest BCUT2D eigenvalue weighted by molar-refractivity contribution is 5.69. The van der Waals surface area contributed by atoms with Crippen molar-refractivity contribution in [3.05, 3.63) is 29.3 Å². The van der Waals surface area contributed by atoms with Crippen LogP contribution in [-0.2, 0) is 26.0 Å². The van der Waals surface area contributed by atoms with E-state index in [2.05, 4.69) is 0 Å². The Kier molecular flexibility index (Phi) is 5.31. The fourth-order valence-corrected chi connectivity index (χ4v) is 3.20. The molecule has 1 aliphatic rings. The Balaban J connectivity index is 2.59. The van der Waals surface area contributed by atoms with Crippen LogP contribution in [0.2, 0.25) is 0 Å². The first-order valence-corrected chi connectivity index (χ1v) is 7.38. The molecule has 0 bridgehead atoms. The molecule has 9 heteroatoms. The minimum atomic E-state index is -4.61. The van der Waals surface area contributed by atoms with Gasteiger partial charge in [-0.2, -0.15) is 13.2 Å². The number of ether oxygens (including phenoxy) is 3. The SMILES string of the molecule is COCC1(COC)CC(O)(CC(=O)O)c2ccc(C(F)(F)F)cc2O1. The summed E-state index contributed by atoms with van der Waals surface area (Å²) in [5.74, 6) is -1.53. The maximum Gasteiger partial charge on any atom is 0.416 e. The molecular weight excluding hydrogens is 345 g/mol. The minimum Gasteiger partial charge on any atom is -0.482 e. The monoisotopic (exact) mass is 364 g/mol. The normalized spacial score (nSPS) is 22.2. The van der Waals surface area contributed by atoms with Crippen LogP contribution in [0.25, 0.3) is 0 Å². The number of rotatable bonds is 6. The Hall–Kier alpha value is -1.84. The van der Waals surface area contributed by atoms with E-state index in [0.29, 0.717) is 0 Å². The summed E-state index contributed by atoms with van der Waals surface area (Å²) in [4.78, 5) is 11.2. The van der Waals surface area contributed by atoms with E-state index in [0.717, 1.165) is 18.2 Å². The molecule has 1 atom stereocenters. The molecule has 1 unspecified atom stereocenters. The zero-order valence-electron chi connectivity index (χ0n) is 13.7. The first-order chi connectivity index (χ1) is 11.6. The van der Waals surface area contributed by atoms with Crippen LogP contribution in [-0.4, -0.2) is 49.2 Å². The van der Waals surface area contributed by atoms with Crippen LogP contribution in [0.3, 0.4) is 0 Å². The zero-order chi connectivity index (χ0) is 18.9. The first-order valence-electron chi connectivity index (χ1n) is 7.38. The third-order valence-corrected chi connectivity index (χ3v) is 4.01. The maximum absolute atomic E-state index is 13.0. The van der Waals surface area contributed by atoms with Crippen LogP contribution in [0.4, 0.5) is 13.2 Å². The number of carboxylic acid groups (broad SMARTS) is 1. The molecule has 140 valence electrons. The van der Waals surface area contributed by atoms with E-state index in [4.69, 9.17) is 19.3 Å². The third-order valence-electron chi connectivity index (χ3n) is 4.01. The predicted octanol–water partition coefficient (Wildman–Crippen LogP) is 2.18. The summed E-state index contributed by atoms with van der Waals surface area (Å²) >= 11 is 0. The first kappa shape index (κ1) is 19.5. The molecule has 1 aromatic carbocycles. The van der Waals surface area contributed by atoms with Crippen LogP contribution < -0.4 is 4.74 Å². The lowest BCUT2D eigenvalue weighted by molar-refractivity contribution is -0.157. The minimum absolute atomic E-state index is 0.00858. The largest absolute Gasteiger partial charge is 0.482 e. The summed E-state index contributed by atoms with van der Waals surface area (Å²) in [5.41, 5.74) is -4.20. The van der Waals surface area contributed by atoms with E-state index < -0.39 is 35.3 Å². The van der Waals surface area contributed by atoms with Gasteiger partial charge in [0.15, 0.2) is 5.60 Å². The number of hydrogen-bond acceptors (Lipinski definition) is 5. The molecule has 0 aromatic heterocycles. The van der Waals surface area contributed by atoms with Crippen molar-refractivity contribution < 1.29 is 42.4 Å². The Labute approximate surface area is 142 Å². The van der Waals surface area contributed by atoms with E-state index >= 15 is 0 Å². The van der Waals surface area contributed by atoms with Crippen molar-refractivity contribution in [2.24, 2.45) is 0 Å². The quantitative estimate of drug-likeness (QED) is 0.805. The molecule has 0 saturated heterocycles.